The van der Waals surface area contributed by atoms with E-state index in [0.29, 0.717) is 5.56 Å². The van der Waals surface area contributed by atoms with E-state index in [-0.39, 0.29) is 18.2 Å². The molecule has 0 saturated carbocycles. The topological polar surface area (TPSA) is 57.2 Å². The van der Waals surface area contributed by atoms with E-state index in [0.717, 1.165) is 12.1 Å². The fourth-order valence-corrected chi connectivity index (χ4v) is 2.40. The summed E-state index contributed by atoms with van der Waals surface area (Å²) >= 11 is 1.44. The molecule has 0 radical (unpaired) electrons. The maximum Gasteiger partial charge on any atom is 0.416 e. The number of hydrogen-bond acceptors (Lipinski definition) is 5. The van der Waals surface area contributed by atoms with Gasteiger partial charge in [-0.3, -0.25) is 0 Å². The largest absolute Gasteiger partial charge is 0.416 e. The van der Waals surface area contributed by atoms with Crippen LogP contribution >= 0.6 is 11.3 Å². The summed E-state index contributed by atoms with van der Waals surface area (Å²) in [6, 6.07) is 3.61. The average Bonchev–Trinajstić information content (AvgIpc) is 2.97. The zero-order chi connectivity index (χ0) is 15.5. The van der Waals surface area contributed by atoms with Crippen LogP contribution in [0.3, 0.4) is 0 Å². The number of nitrogens with one attached hydrogen (secondary N) is 2. The fourth-order valence-electron chi connectivity index (χ4n) is 1.70. The molecule has 8 heteroatoms. The quantitative estimate of drug-likeness (QED) is 0.791. The molecule has 1 atom stereocenters. The Kier molecular flexibility index (Phi) is 4.69. The molecule has 0 spiro atoms. The summed E-state index contributed by atoms with van der Waals surface area (Å²) in [6.07, 6.45) is -5.25. The second-order valence-electron chi connectivity index (χ2n) is 4.33. The monoisotopic (exact) mass is 317 g/mol. The molecular formula is C13H14F3N3OS. The summed E-state index contributed by atoms with van der Waals surface area (Å²) in [5.74, 6) is 0.167. The molecule has 1 unspecified atom stereocenters. The standard InChI is InChI=1S/C13H14F3N3OS/c1-17-11-4-9(13(14,15)16)5-12(19-11)18-6-10(20)8-2-3-21-7-8/h2-5,7,10,20H,6H2,1H3,(H2,17,18,19). The highest BCUT2D eigenvalue weighted by molar-refractivity contribution is 7.07. The molecule has 2 aromatic heterocycles. The minimum absolute atomic E-state index is 0.0588. The Morgan fingerprint density at radius 3 is 2.62 bits per heavy atom. The lowest BCUT2D eigenvalue weighted by atomic mass is 10.2. The van der Waals surface area contributed by atoms with Crippen LogP contribution in [-0.4, -0.2) is 23.7 Å². The van der Waals surface area contributed by atoms with Crippen LogP contribution in [0.5, 0.6) is 0 Å². The molecule has 3 N–H and O–H groups in total. The minimum Gasteiger partial charge on any atom is -0.387 e. The van der Waals surface area contributed by atoms with Crippen molar-refractivity contribution in [3.63, 3.8) is 0 Å². The van der Waals surface area contributed by atoms with Gasteiger partial charge in [0.25, 0.3) is 0 Å². The number of pyridine rings is 1. The fraction of sp³-hybridized carbons (Fsp3) is 0.308. The molecule has 0 aliphatic rings. The number of thiophene rings is 1. The molecule has 0 amide bonds. The lowest BCUT2D eigenvalue weighted by Crippen LogP contribution is -2.14. The van der Waals surface area contributed by atoms with E-state index >= 15 is 0 Å². The van der Waals surface area contributed by atoms with Crippen molar-refractivity contribution >= 4 is 23.0 Å². The van der Waals surface area contributed by atoms with E-state index in [9.17, 15) is 18.3 Å². The van der Waals surface area contributed by atoms with Gasteiger partial charge in [0.15, 0.2) is 0 Å². The van der Waals surface area contributed by atoms with Crippen molar-refractivity contribution in [1.29, 1.82) is 0 Å². The summed E-state index contributed by atoms with van der Waals surface area (Å²) in [7, 11) is 1.49. The Labute approximate surface area is 123 Å². The van der Waals surface area contributed by atoms with Crippen molar-refractivity contribution < 1.29 is 18.3 Å². The summed E-state index contributed by atoms with van der Waals surface area (Å²) in [6.45, 7) is 0.0776. The SMILES string of the molecule is CNc1cc(C(F)(F)F)cc(NCC(O)c2ccsc2)n1. The normalized spacial score (nSPS) is 13.0. The highest BCUT2D eigenvalue weighted by atomic mass is 32.1. The molecule has 2 heterocycles. The van der Waals surface area contributed by atoms with Crippen molar-refractivity contribution in [2.75, 3.05) is 24.2 Å². The van der Waals surface area contributed by atoms with Crippen LogP contribution in [0.1, 0.15) is 17.2 Å². The first-order chi connectivity index (χ1) is 9.90. The number of alkyl halides is 3. The molecule has 0 aliphatic heterocycles. The first-order valence-corrected chi connectivity index (χ1v) is 7.05. The number of aliphatic hydroxyl groups excluding tert-OH is 1. The minimum atomic E-state index is -4.45. The molecule has 2 rings (SSSR count). The first kappa shape index (κ1) is 15.6. The number of hydrogen-bond donors (Lipinski definition) is 3. The van der Waals surface area contributed by atoms with Crippen LogP contribution < -0.4 is 10.6 Å². The number of anilines is 2. The number of rotatable bonds is 5. The van der Waals surface area contributed by atoms with Crippen LogP contribution in [-0.2, 0) is 6.18 Å². The Morgan fingerprint density at radius 2 is 2.05 bits per heavy atom. The van der Waals surface area contributed by atoms with Crippen LogP contribution in [0.4, 0.5) is 24.8 Å². The Bertz CT molecular complexity index is 587. The van der Waals surface area contributed by atoms with Gasteiger partial charge in [0.05, 0.1) is 11.7 Å². The van der Waals surface area contributed by atoms with Gasteiger partial charge in [0, 0.05) is 13.6 Å². The van der Waals surface area contributed by atoms with E-state index in [1.54, 1.807) is 11.4 Å². The van der Waals surface area contributed by atoms with Gasteiger partial charge >= 0.3 is 6.18 Å². The third kappa shape index (κ3) is 4.08. The highest BCUT2D eigenvalue weighted by Gasteiger charge is 2.31. The van der Waals surface area contributed by atoms with E-state index in [1.165, 1.54) is 18.4 Å². The van der Waals surface area contributed by atoms with Gasteiger partial charge in [-0.25, -0.2) is 4.98 Å². The summed E-state index contributed by atoms with van der Waals surface area (Å²) in [4.78, 5) is 3.99. The number of nitrogens with zero attached hydrogens (tertiary/aromatic N) is 1. The summed E-state index contributed by atoms with van der Waals surface area (Å²) in [5, 5.41) is 18.8. The molecule has 114 valence electrons. The number of halogens is 3. The Balaban J connectivity index is 2.12. The third-order valence-corrected chi connectivity index (χ3v) is 3.51. The van der Waals surface area contributed by atoms with Crippen LogP contribution in [0.25, 0.3) is 0 Å². The lowest BCUT2D eigenvalue weighted by molar-refractivity contribution is -0.137. The molecular weight excluding hydrogens is 303 g/mol. The zero-order valence-corrected chi connectivity index (χ0v) is 11.9. The molecule has 0 aromatic carbocycles. The van der Waals surface area contributed by atoms with Gasteiger partial charge in [0.1, 0.15) is 11.6 Å². The second kappa shape index (κ2) is 6.31. The third-order valence-electron chi connectivity index (χ3n) is 2.81. The molecule has 2 aromatic rings. The van der Waals surface area contributed by atoms with Crippen LogP contribution in [0.2, 0.25) is 0 Å². The Morgan fingerprint density at radius 1 is 1.33 bits per heavy atom. The van der Waals surface area contributed by atoms with Crippen molar-refractivity contribution in [1.82, 2.24) is 4.98 Å². The van der Waals surface area contributed by atoms with Crippen molar-refractivity contribution in [2.45, 2.75) is 12.3 Å². The van der Waals surface area contributed by atoms with Crippen LogP contribution in [0, 0.1) is 0 Å². The van der Waals surface area contributed by atoms with E-state index in [2.05, 4.69) is 15.6 Å². The van der Waals surface area contributed by atoms with Gasteiger partial charge in [-0.2, -0.15) is 24.5 Å². The summed E-state index contributed by atoms with van der Waals surface area (Å²) in [5.41, 5.74) is -0.0808. The van der Waals surface area contributed by atoms with Gasteiger partial charge < -0.3 is 15.7 Å². The van der Waals surface area contributed by atoms with E-state index in [1.807, 2.05) is 5.38 Å². The molecule has 0 fully saturated rings. The maximum absolute atomic E-state index is 12.8. The van der Waals surface area contributed by atoms with Gasteiger partial charge in [0.2, 0.25) is 0 Å². The molecule has 21 heavy (non-hydrogen) atoms. The summed E-state index contributed by atoms with van der Waals surface area (Å²) < 4.78 is 38.3. The van der Waals surface area contributed by atoms with Crippen molar-refractivity contribution in [2.24, 2.45) is 0 Å². The second-order valence-corrected chi connectivity index (χ2v) is 5.11. The smallest absolute Gasteiger partial charge is 0.387 e. The molecule has 0 aliphatic carbocycles. The average molecular weight is 317 g/mol. The van der Waals surface area contributed by atoms with Gasteiger partial charge in [-0.05, 0) is 34.5 Å². The van der Waals surface area contributed by atoms with E-state index in [4.69, 9.17) is 0 Å². The predicted octanol–water partition coefficient (Wildman–Crippen LogP) is 3.35. The molecule has 0 saturated heterocycles. The lowest BCUT2D eigenvalue weighted by Gasteiger charge is -2.14. The molecule has 4 nitrogen and oxygen atoms in total. The molecule has 0 bridgehead atoms. The maximum atomic E-state index is 12.8. The number of aromatic nitrogens is 1. The van der Waals surface area contributed by atoms with Crippen molar-refractivity contribution in [3.8, 4) is 0 Å². The van der Waals surface area contributed by atoms with Crippen molar-refractivity contribution in [3.05, 3.63) is 40.1 Å². The Hall–Kier alpha value is -1.80. The van der Waals surface area contributed by atoms with Crippen LogP contribution in [0.15, 0.2) is 29.0 Å². The zero-order valence-electron chi connectivity index (χ0n) is 11.1. The number of aliphatic hydroxyl groups is 1. The first-order valence-electron chi connectivity index (χ1n) is 6.11. The highest BCUT2D eigenvalue weighted by Crippen LogP contribution is 2.32. The predicted molar refractivity (Wildman–Crippen MR) is 76.6 cm³/mol. The van der Waals surface area contributed by atoms with Gasteiger partial charge in [-0.1, -0.05) is 0 Å². The van der Waals surface area contributed by atoms with E-state index < -0.39 is 17.8 Å². The van der Waals surface area contributed by atoms with Gasteiger partial charge in [-0.15, -0.1) is 0 Å².